The first-order valence-electron chi connectivity index (χ1n) is 8.69. The number of hydrogen-bond acceptors (Lipinski definition) is 6. The SMILES string of the molecule is O=C1NC(=O)N(CCNc2ncc(C(F)(F)F)cc2Cl)C(=O)[C@H]1Cc1ccccn1. The number of hydrogen-bond donors (Lipinski definition) is 2. The lowest BCUT2D eigenvalue weighted by molar-refractivity contribution is -0.142. The summed E-state index contributed by atoms with van der Waals surface area (Å²) in [7, 11) is 0. The van der Waals surface area contributed by atoms with Gasteiger partial charge in [0, 0.05) is 37.6 Å². The number of barbiturate groups is 1. The van der Waals surface area contributed by atoms with Gasteiger partial charge in [0.1, 0.15) is 11.7 Å². The molecule has 8 nitrogen and oxygen atoms in total. The summed E-state index contributed by atoms with van der Waals surface area (Å²) in [6.45, 7) is -0.197. The molecule has 2 aromatic heterocycles. The second-order valence-corrected chi connectivity index (χ2v) is 6.75. The highest BCUT2D eigenvalue weighted by Gasteiger charge is 2.40. The number of carbonyl (C=O) groups is 3. The normalized spacial score (nSPS) is 17.1. The van der Waals surface area contributed by atoms with Crippen molar-refractivity contribution in [2.24, 2.45) is 5.92 Å². The second kappa shape index (κ2) is 8.66. The molecule has 2 aromatic rings. The van der Waals surface area contributed by atoms with Gasteiger partial charge in [-0.15, -0.1) is 0 Å². The molecule has 1 aliphatic heterocycles. The van der Waals surface area contributed by atoms with Gasteiger partial charge < -0.3 is 5.32 Å². The van der Waals surface area contributed by atoms with Gasteiger partial charge in [-0.1, -0.05) is 17.7 Å². The largest absolute Gasteiger partial charge is 0.417 e. The topological polar surface area (TPSA) is 104 Å². The quantitative estimate of drug-likeness (QED) is 0.667. The van der Waals surface area contributed by atoms with Crippen LogP contribution in [0.2, 0.25) is 5.02 Å². The Bertz CT molecular complexity index is 971. The molecule has 0 aromatic carbocycles. The fourth-order valence-corrected chi connectivity index (χ4v) is 3.02. The van der Waals surface area contributed by atoms with E-state index >= 15 is 0 Å². The number of pyridine rings is 2. The zero-order valence-electron chi connectivity index (χ0n) is 15.2. The third-order valence-corrected chi connectivity index (χ3v) is 4.58. The number of nitrogens with zero attached hydrogens (tertiary/aromatic N) is 3. The Balaban J connectivity index is 1.63. The van der Waals surface area contributed by atoms with Gasteiger partial charge in [0.2, 0.25) is 11.8 Å². The van der Waals surface area contributed by atoms with Crippen LogP contribution in [0.1, 0.15) is 11.3 Å². The van der Waals surface area contributed by atoms with Gasteiger partial charge in [-0.2, -0.15) is 13.2 Å². The van der Waals surface area contributed by atoms with Crippen LogP contribution in [0.5, 0.6) is 0 Å². The van der Waals surface area contributed by atoms with Crippen LogP contribution in [0.25, 0.3) is 0 Å². The van der Waals surface area contributed by atoms with E-state index in [1.807, 2.05) is 0 Å². The molecule has 158 valence electrons. The first-order valence-corrected chi connectivity index (χ1v) is 9.07. The van der Waals surface area contributed by atoms with Crippen molar-refractivity contribution in [3.8, 4) is 0 Å². The lowest BCUT2D eigenvalue weighted by atomic mass is 9.98. The van der Waals surface area contributed by atoms with Gasteiger partial charge in [0.05, 0.1) is 10.6 Å². The molecular weight excluding hydrogens is 427 g/mol. The van der Waals surface area contributed by atoms with Crippen molar-refractivity contribution < 1.29 is 27.6 Å². The Labute approximate surface area is 173 Å². The first-order chi connectivity index (χ1) is 14.2. The average Bonchev–Trinajstić information content (AvgIpc) is 2.68. The molecule has 0 saturated carbocycles. The first kappa shape index (κ1) is 21.5. The molecular formula is C18H15ClF3N5O3. The summed E-state index contributed by atoms with van der Waals surface area (Å²) in [6, 6.07) is 4.89. The van der Waals surface area contributed by atoms with Gasteiger partial charge in [-0.25, -0.2) is 9.78 Å². The van der Waals surface area contributed by atoms with Crippen LogP contribution in [0.15, 0.2) is 36.7 Å². The zero-order chi connectivity index (χ0) is 21.9. The Hall–Kier alpha value is -3.21. The molecule has 0 bridgehead atoms. The summed E-state index contributed by atoms with van der Waals surface area (Å²) in [5, 5.41) is 4.53. The number of alkyl halides is 3. The molecule has 3 heterocycles. The summed E-state index contributed by atoms with van der Waals surface area (Å²) in [5.74, 6) is -2.56. The Morgan fingerprint density at radius 2 is 1.97 bits per heavy atom. The van der Waals surface area contributed by atoms with Crippen molar-refractivity contribution in [1.29, 1.82) is 0 Å². The highest BCUT2D eigenvalue weighted by molar-refractivity contribution is 6.33. The molecule has 0 unspecified atom stereocenters. The molecule has 1 saturated heterocycles. The molecule has 30 heavy (non-hydrogen) atoms. The van der Waals surface area contributed by atoms with Crippen molar-refractivity contribution >= 4 is 35.3 Å². The highest BCUT2D eigenvalue weighted by Crippen LogP contribution is 2.32. The van der Waals surface area contributed by atoms with Crippen molar-refractivity contribution in [1.82, 2.24) is 20.2 Å². The summed E-state index contributed by atoms with van der Waals surface area (Å²) in [4.78, 5) is 45.3. The van der Waals surface area contributed by atoms with E-state index in [2.05, 4.69) is 20.6 Å². The average molecular weight is 442 g/mol. The molecule has 1 fully saturated rings. The van der Waals surface area contributed by atoms with E-state index in [0.717, 1.165) is 11.0 Å². The Morgan fingerprint density at radius 3 is 2.60 bits per heavy atom. The number of nitrogens with one attached hydrogen (secondary N) is 2. The van der Waals surface area contributed by atoms with Crippen molar-refractivity contribution in [3.63, 3.8) is 0 Å². The number of halogens is 4. The predicted molar refractivity (Wildman–Crippen MR) is 99.4 cm³/mol. The van der Waals surface area contributed by atoms with E-state index in [0.29, 0.717) is 11.9 Å². The molecule has 4 amide bonds. The molecule has 0 radical (unpaired) electrons. The van der Waals surface area contributed by atoms with Crippen LogP contribution in [0, 0.1) is 5.92 Å². The molecule has 0 spiro atoms. The standard InChI is InChI=1S/C18H15ClF3N5O3/c19-13-7-10(18(20,21)22)9-25-14(13)24-5-6-27-16(29)12(15(28)26-17(27)30)8-11-3-1-2-4-23-11/h1-4,7,9,12H,5-6,8H2,(H,24,25)(H,26,28,30)/t12-/m0/s1. The van der Waals surface area contributed by atoms with Crippen molar-refractivity contribution in [2.45, 2.75) is 12.6 Å². The van der Waals surface area contributed by atoms with E-state index in [4.69, 9.17) is 11.6 Å². The molecule has 0 aliphatic carbocycles. The number of urea groups is 1. The fraction of sp³-hybridized carbons (Fsp3) is 0.278. The Kier molecular flexibility index (Phi) is 6.20. The summed E-state index contributed by atoms with van der Waals surface area (Å²) < 4.78 is 38.0. The number of imide groups is 2. The fourth-order valence-electron chi connectivity index (χ4n) is 2.79. The number of rotatable bonds is 6. The second-order valence-electron chi connectivity index (χ2n) is 6.34. The Morgan fingerprint density at radius 1 is 1.20 bits per heavy atom. The number of aromatic nitrogens is 2. The number of carbonyl (C=O) groups excluding carboxylic acids is 3. The molecule has 2 N–H and O–H groups in total. The summed E-state index contributed by atoms with van der Waals surface area (Å²) >= 11 is 5.81. The lowest BCUT2D eigenvalue weighted by Gasteiger charge is -2.30. The maximum atomic E-state index is 12.7. The van der Waals surface area contributed by atoms with E-state index in [-0.39, 0.29) is 30.4 Å². The van der Waals surface area contributed by atoms with E-state index in [9.17, 15) is 27.6 Å². The number of anilines is 1. The van der Waals surface area contributed by atoms with E-state index in [1.165, 1.54) is 6.20 Å². The summed E-state index contributed by atoms with van der Waals surface area (Å²) in [5.41, 5.74) is -0.487. The van der Waals surface area contributed by atoms with Crippen LogP contribution in [0.4, 0.5) is 23.8 Å². The van der Waals surface area contributed by atoms with Crippen LogP contribution >= 0.6 is 11.6 Å². The highest BCUT2D eigenvalue weighted by atomic mass is 35.5. The van der Waals surface area contributed by atoms with E-state index < -0.39 is 35.5 Å². The van der Waals surface area contributed by atoms with Crippen LogP contribution in [0.3, 0.4) is 0 Å². The van der Waals surface area contributed by atoms with Gasteiger partial charge in [0.25, 0.3) is 0 Å². The minimum absolute atomic E-state index is 0.0228. The van der Waals surface area contributed by atoms with E-state index in [1.54, 1.807) is 18.2 Å². The van der Waals surface area contributed by atoms with Crippen LogP contribution in [-0.2, 0) is 22.2 Å². The third kappa shape index (κ3) is 4.85. The van der Waals surface area contributed by atoms with Crippen LogP contribution < -0.4 is 10.6 Å². The minimum atomic E-state index is -4.58. The third-order valence-electron chi connectivity index (χ3n) is 4.29. The molecule has 1 aliphatic rings. The minimum Gasteiger partial charge on any atom is -0.367 e. The molecule has 12 heteroatoms. The number of amides is 4. The molecule has 3 rings (SSSR count). The molecule has 1 atom stereocenters. The van der Waals surface area contributed by atoms with Gasteiger partial charge in [-0.05, 0) is 18.2 Å². The van der Waals surface area contributed by atoms with Gasteiger partial charge in [-0.3, -0.25) is 24.8 Å². The maximum absolute atomic E-state index is 12.7. The maximum Gasteiger partial charge on any atom is 0.417 e. The monoisotopic (exact) mass is 441 g/mol. The predicted octanol–water partition coefficient (Wildman–Crippen LogP) is 2.50. The van der Waals surface area contributed by atoms with Crippen molar-refractivity contribution in [3.05, 3.63) is 52.9 Å². The zero-order valence-corrected chi connectivity index (χ0v) is 16.0. The van der Waals surface area contributed by atoms with Crippen molar-refractivity contribution in [2.75, 3.05) is 18.4 Å². The van der Waals surface area contributed by atoms with Gasteiger partial charge >= 0.3 is 12.2 Å². The lowest BCUT2D eigenvalue weighted by Crippen LogP contribution is -2.59. The van der Waals surface area contributed by atoms with Gasteiger partial charge in [0.15, 0.2) is 0 Å². The van der Waals surface area contributed by atoms with Crippen LogP contribution in [-0.4, -0.2) is 45.8 Å². The smallest absolute Gasteiger partial charge is 0.367 e. The summed E-state index contributed by atoms with van der Waals surface area (Å²) in [6.07, 6.45) is -2.42.